The minimum atomic E-state index is -0.432. The van der Waals surface area contributed by atoms with Gasteiger partial charge in [-0.2, -0.15) is 5.10 Å². The Bertz CT molecular complexity index is 1070. The summed E-state index contributed by atoms with van der Waals surface area (Å²) in [5, 5.41) is 5.42. The first-order valence-electron chi connectivity index (χ1n) is 8.97. The fourth-order valence-corrected chi connectivity index (χ4v) is 4.37. The first-order chi connectivity index (χ1) is 12.8. The standard InChI is InChI=1S/C20H17N5O/c1-21-13-7-6-12-8-17(26)18(15(12)9-13)19-16-10-24-25(14-4-2-3-5-14)20(16)23-11-22-19/h6-7,9-11,14,18H,2-5,8H2. The minimum Gasteiger partial charge on any atom is -0.298 e. The van der Waals surface area contributed by atoms with E-state index in [0.717, 1.165) is 35.0 Å². The molecule has 3 aromatic rings. The quantitative estimate of drug-likeness (QED) is 0.665. The predicted molar refractivity (Wildman–Crippen MR) is 96.1 cm³/mol. The van der Waals surface area contributed by atoms with Crippen LogP contribution in [-0.2, 0) is 11.2 Å². The van der Waals surface area contributed by atoms with Gasteiger partial charge in [0.15, 0.2) is 17.1 Å². The van der Waals surface area contributed by atoms with E-state index in [9.17, 15) is 4.79 Å². The molecule has 6 nitrogen and oxygen atoms in total. The minimum absolute atomic E-state index is 0.121. The Kier molecular flexibility index (Phi) is 3.35. The average Bonchev–Trinajstić information content (AvgIpc) is 3.38. The maximum atomic E-state index is 12.8. The van der Waals surface area contributed by atoms with Crippen molar-refractivity contribution in [1.82, 2.24) is 19.7 Å². The fraction of sp³-hybridized carbons (Fsp3) is 0.350. The predicted octanol–water partition coefficient (Wildman–Crippen LogP) is 3.75. The lowest BCUT2D eigenvalue weighted by Gasteiger charge is -2.13. The van der Waals surface area contributed by atoms with Crippen LogP contribution in [0.3, 0.4) is 0 Å². The molecule has 128 valence electrons. The molecule has 0 N–H and O–H groups in total. The average molecular weight is 343 g/mol. The second kappa shape index (κ2) is 5.73. The summed E-state index contributed by atoms with van der Waals surface area (Å²) < 4.78 is 2.00. The molecule has 6 heteroatoms. The van der Waals surface area contributed by atoms with Crippen molar-refractivity contribution in [3.05, 3.63) is 59.0 Å². The van der Waals surface area contributed by atoms with Crippen LogP contribution in [0.2, 0.25) is 0 Å². The van der Waals surface area contributed by atoms with E-state index < -0.39 is 5.92 Å². The molecule has 0 radical (unpaired) electrons. The number of hydrogen-bond donors (Lipinski definition) is 0. The van der Waals surface area contributed by atoms with E-state index in [0.29, 0.717) is 23.8 Å². The molecule has 1 fully saturated rings. The Morgan fingerprint density at radius 2 is 2.04 bits per heavy atom. The van der Waals surface area contributed by atoms with E-state index in [1.165, 1.54) is 19.2 Å². The van der Waals surface area contributed by atoms with E-state index in [-0.39, 0.29) is 5.78 Å². The Morgan fingerprint density at radius 1 is 1.19 bits per heavy atom. The fourth-order valence-electron chi connectivity index (χ4n) is 4.37. The highest BCUT2D eigenvalue weighted by molar-refractivity contribution is 5.98. The lowest BCUT2D eigenvalue weighted by atomic mass is 9.95. The van der Waals surface area contributed by atoms with Crippen LogP contribution >= 0.6 is 0 Å². The zero-order valence-corrected chi connectivity index (χ0v) is 14.2. The third-order valence-electron chi connectivity index (χ3n) is 5.62. The number of ketones is 1. The number of nitrogens with zero attached hydrogens (tertiary/aromatic N) is 5. The zero-order chi connectivity index (χ0) is 17.7. The van der Waals surface area contributed by atoms with Crippen molar-refractivity contribution >= 4 is 22.5 Å². The van der Waals surface area contributed by atoms with Gasteiger partial charge in [0.2, 0.25) is 0 Å². The van der Waals surface area contributed by atoms with Crippen LogP contribution in [-0.4, -0.2) is 25.5 Å². The smallest absolute Gasteiger partial charge is 0.187 e. The van der Waals surface area contributed by atoms with Crippen molar-refractivity contribution in [2.75, 3.05) is 0 Å². The molecule has 0 saturated heterocycles. The molecule has 1 atom stereocenters. The van der Waals surface area contributed by atoms with Gasteiger partial charge in [-0.1, -0.05) is 31.0 Å². The van der Waals surface area contributed by atoms with Gasteiger partial charge in [-0.3, -0.25) is 4.79 Å². The number of Topliss-reactive ketones (excluding diaryl/α,β-unsaturated/α-hetero) is 1. The maximum Gasteiger partial charge on any atom is 0.187 e. The summed E-state index contributed by atoms with van der Waals surface area (Å²) >= 11 is 0. The van der Waals surface area contributed by atoms with Crippen molar-refractivity contribution in [3.63, 3.8) is 0 Å². The summed E-state index contributed by atoms with van der Waals surface area (Å²) in [4.78, 5) is 25.2. The van der Waals surface area contributed by atoms with E-state index >= 15 is 0 Å². The number of benzene rings is 1. The molecule has 5 rings (SSSR count). The summed E-state index contributed by atoms with van der Waals surface area (Å²) in [5.41, 5.74) is 3.96. The number of carbonyl (C=O) groups is 1. The highest BCUT2D eigenvalue weighted by atomic mass is 16.1. The number of hydrogen-bond acceptors (Lipinski definition) is 4. The Morgan fingerprint density at radius 3 is 2.85 bits per heavy atom. The van der Waals surface area contributed by atoms with Gasteiger partial charge in [0.1, 0.15) is 6.33 Å². The number of carbonyl (C=O) groups excluding carboxylic acids is 1. The summed E-state index contributed by atoms with van der Waals surface area (Å²) in [6, 6.07) is 5.87. The summed E-state index contributed by atoms with van der Waals surface area (Å²) in [7, 11) is 0. The van der Waals surface area contributed by atoms with Gasteiger partial charge in [-0.15, -0.1) is 0 Å². The molecule has 0 bridgehead atoms. The third-order valence-corrected chi connectivity index (χ3v) is 5.62. The Balaban J connectivity index is 1.67. The molecular formula is C20H17N5O. The van der Waals surface area contributed by atoms with Crippen molar-refractivity contribution < 1.29 is 4.79 Å². The summed E-state index contributed by atoms with van der Waals surface area (Å²) in [6.45, 7) is 7.26. The monoisotopic (exact) mass is 343 g/mol. The Hall–Kier alpha value is -3.07. The van der Waals surface area contributed by atoms with Crippen molar-refractivity contribution in [2.24, 2.45) is 0 Å². The SMILES string of the molecule is [C-]#[N+]c1ccc2c(c1)C(c1ncnc3c1cnn3C1CCCC1)C(=O)C2. The molecule has 2 aliphatic carbocycles. The van der Waals surface area contributed by atoms with Crippen LogP contribution in [0.15, 0.2) is 30.7 Å². The van der Waals surface area contributed by atoms with Crippen molar-refractivity contribution in [3.8, 4) is 0 Å². The van der Waals surface area contributed by atoms with Crippen LogP contribution in [0.1, 0.15) is 54.5 Å². The van der Waals surface area contributed by atoms with Crippen LogP contribution in [0, 0.1) is 6.57 Å². The third kappa shape index (κ3) is 2.17. The molecule has 2 aliphatic rings. The maximum absolute atomic E-state index is 12.8. The molecular weight excluding hydrogens is 326 g/mol. The lowest BCUT2D eigenvalue weighted by molar-refractivity contribution is -0.118. The van der Waals surface area contributed by atoms with Gasteiger partial charge < -0.3 is 0 Å². The molecule has 26 heavy (non-hydrogen) atoms. The number of rotatable bonds is 2. The first-order valence-corrected chi connectivity index (χ1v) is 8.97. The normalized spacial score (nSPS) is 19.8. The summed E-state index contributed by atoms with van der Waals surface area (Å²) in [6.07, 6.45) is 8.41. The number of fused-ring (bicyclic) bond motifs is 2. The van der Waals surface area contributed by atoms with E-state index in [1.807, 2.05) is 16.8 Å². The molecule has 0 aliphatic heterocycles. The van der Waals surface area contributed by atoms with Crippen LogP contribution < -0.4 is 0 Å². The van der Waals surface area contributed by atoms with Gasteiger partial charge in [0, 0.05) is 6.42 Å². The van der Waals surface area contributed by atoms with E-state index in [2.05, 4.69) is 19.9 Å². The van der Waals surface area contributed by atoms with Crippen LogP contribution in [0.25, 0.3) is 15.9 Å². The van der Waals surface area contributed by atoms with Gasteiger partial charge in [-0.05, 0) is 24.0 Å². The highest BCUT2D eigenvalue weighted by Crippen LogP contribution is 2.40. The lowest BCUT2D eigenvalue weighted by Crippen LogP contribution is -2.11. The van der Waals surface area contributed by atoms with Crippen LogP contribution in [0.4, 0.5) is 5.69 Å². The Labute approximate surface area is 150 Å². The largest absolute Gasteiger partial charge is 0.298 e. The van der Waals surface area contributed by atoms with E-state index in [4.69, 9.17) is 6.57 Å². The molecule has 1 unspecified atom stereocenters. The van der Waals surface area contributed by atoms with Crippen molar-refractivity contribution in [2.45, 2.75) is 44.1 Å². The van der Waals surface area contributed by atoms with Gasteiger partial charge >= 0.3 is 0 Å². The summed E-state index contributed by atoms with van der Waals surface area (Å²) in [5.74, 6) is -0.311. The van der Waals surface area contributed by atoms with E-state index in [1.54, 1.807) is 12.3 Å². The van der Waals surface area contributed by atoms with Gasteiger partial charge in [0.05, 0.1) is 35.8 Å². The highest BCUT2D eigenvalue weighted by Gasteiger charge is 2.35. The molecule has 1 aromatic carbocycles. The van der Waals surface area contributed by atoms with Crippen molar-refractivity contribution in [1.29, 1.82) is 0 Å². The molecule has 2 heterocycles. The second-order valence-electron chi connectivity index (χ2n) is 7.09. The second-order valence-corrected chi connectivity index (χ2v) is 7.09. The molecule has 2 aromatic heterocycles. The van der Waals surface area contributed by atoms with Crippen LogP contribution in [0.5, 0.6) is 0 Å². The molecule has 1 saturated carbocycles. The molecule has 0 spiro atoms. The number of aromatic nitrogens is 4. The molecule has 0 amide bonds. The zero-order valence-electron chi connectivity index (χ0n) is 14.2. The topological polar surface area (TPSA) is 65.0 Å². The first kappa shape index (κ1) is 15.2. The van der Waals surface area contributed by atoms with Gasteiger partial charge in [0.25, 0.3) is 0 Å². The van der Waals surface area contributed by atoms with Gasteiger partial charge in [-0.25, -0.2) is 19.5 Å².